The van der Waals surface area contributed by atoms with Crippen molar-refractivity contribution in [1.29, 1.82) is 0 Å². The third-order valence-electron chi connectivity index (χ3n) is 3.65. The molecule has 0 atom stereocenters. The number of hydrogen-bond donors (Lipinski definition) is 2. The molecule has 27 heavy (non-hydrogen) atoms. The predicted molar refractivity (Wildman–Crippen MR) is 109 cm³/mol. The number of nitrogens with one attached hydrogen (secondary N) is 2. The number of esters is 1. The highest BCUT2D eigenvalue weighted by Gasteiger charge is 2.24. The number of ether oxygens (including phenoxy) is 1. The first kappa shape index (κ1) is 21.4. The summed E-state index contributed by atoms with van der Waals surface area (Å²) in [5, 5.41) is 5.69. The molecule has 2 N–H and O–H groups in total. The number of hydrogen-bond acceptors (Lipinski definition) is 4. The minimum Gasteiger partial charge on any atom is -0.462 e. The monoisotopic (exact) mass is 456 g/mol. The van der Waals surface area contributed by atoms with Crippen LogP contribution in [0.2, 0.25) is 0 Å². The van der Waals surface area contributed by atoms with Crippen LogP contribution >= 0.6 is 27.3 Å². The van der Waals surface area contributed by atoms with Crippen LogP contribution in [0.25, 0.3) is 0 Å². The third-order valence-corrected chi connectivity index (χ3v) is 5.62. The summed E-state index contributed by atoms with van der Waals surface area (Å²) in [7, 11) is 0. The van der Waals surface area contributed by atoms with Gasteiger partial charge in [0, 0.05) is 21.5 Å². The van der Waals surface area contributed by atoms with Gasteiger partial charge in [-0.3, -0.25) is 5.32 Å². The van der Waals surface area contributed by atoms with Crippen LogP contribution in [0.1, 0.15) is 48.5 Å². The molecule has 0 aliphatic carbocycles. The highest BCUT2D eigenvalue weighted by molar-refractivity contribution is 9.10. The van der Waals surface area contributed by atoms with Crippen LogP contribution in [0.4, 0.5) is 14.2 Å². The quantitative estimate of drug-likeness (QED) is 0.588. The van der Waals surface area contributed by atoms with Gasteiger partial charge in [0.05, 0.1) is 12.2 Å². The molecule has 2 rings (SSSR count). The maximum Gasteiger partial charge on any atom is 0.341 e. The minimum absolute atomic E-state index is 0.0250. The Hall–Kier alpha value is -1.93. The van der Waals surface area contributed by atoms with E-state index in [1.807, 2.05) is 20.8 Å². The summed E-state index contributed by atoms with van der Waals surface area (Å²) in [6.07, 6.45) is 0. The molecule has 1 heterocycles. The topological polar surface area (TPSA) is 67.4 Å². The van der Waals surface area contributed by atoms with E-state index in [1.54, 1.807) is 25.1 Å². The number of carbonyl (C=O) groups excluding carboxylic acids is 2. The summed E-state index contributed by atoms with van der Waals surface area (Å²) in [6.45, 7) is 8.06. The first-order valence-corrected chi connectivity index (χ1v) is 10.0. The summed E-state index contributed by atoms with van der Waals surface area (Å²) in [6, 6.07) is 5.85. The van der Waals surface area contributed by atoms with Gasteiger partial charge in [-0.05, 0) is 30.5 Å². The number of anilines is 1. The summed E-state index contributed by atoms with van der Waals surface area (Å²) in [4.78, 5) is 25.4. The third kappa shape index (κ3) is 5.77. The minimum atomic E-state index is -0.523. The number of amides is 2. The number of urea groups is 1. The molecule has 8 heteroatoms. The molecule has 146 valence electrons. The summed E-state index contributed by atoms with van der Waals surface area (Å²) in [5.74, 6) is -0.901. The van der Waals surface area contributed by atoms with Crippen LogP contribution in [-0.4, -0.2) is 18.6 Å². The normalized spacial score (nSPS) is 11.2. The van der Waals surface area contributed by atoms with Gasteiger partial charge in [0.2, 0.25) is 0 Å². The lowest BCUT2D eigenvalue weighted by atomic mass is 9.94. The predicted octanol–water partition coefficient (Wildman–Crippen LogP) is 5.45. The Kier molecular flexibility index (Phi) is 7.00. The second-order valence-electron chi connectivity index (χ2n) is 6.87. The molecule has 0 radical (unpaired) electrons. The molecule has 0 aliphatic rings. The van der Waals surface area contributed by atoms with Gasteiger partial charge in [-0.1, -0.05) is 42.8 Å². The van der Waals surface area contributed by atoms with E-state index in [2.05, 4.69) is 26.6 Å². The highest BCUT2D eigenvalue weighted by atomic mass is 79.9. The lowest BCUT2D eigenvalue weighted by Gasteiger charge is -2.15. The van der Waals surface area contributed by atoms with Gasteiger partial charge in [-0.2, -0.15) is 0 Å². The fourth-order valence-electron chi connectivity index (χ4n) is 2.20. The Balaban J connectivity index is 2.13. The molecule has 0 spiro atoms. The fraction of sp³-hybridized carbons (Fsp3) is 0.368. The molecule has 0 aliphatic heterocycles. The maximum atomic E-state index is 13.9. The van der Waals surface area contributed by atoms with E-state index in [1.165, 1.54) is 17.4 Å². The molecular formula is C19H22BrFN2O3S. The zero-order chi connectivity index (χ0) is 20.2. The number of rotatable bonds is 5. The Labute approximate surface area is 170 Å². The van der Waals surface area contributed by atoms with Gasteiger partial charge in [-0.15, -0.1) is 11.3 Å². The van der Waals surface area contributed by atoms with Crippen molar-refractivity contribution in [2.45, 2.75) is 39.7 Å². The van der Waals surface area contributed by atoms with Crippen molar-refractivity contribution in [2.75, 3.05) is 11.9 Å². The molecule has 0 bridgehead atoms. The SMILES string of the molecule is CCOC(=O)c1cc(C(C)(C)C)sc1NC(=O)NCc1ccc(Br)cc1F. The molecule has 2 amide bonds. The second-order valence-corrected chi connectivity index (χ2v) is 8.84. The van der Waals surface area contributed by atoms with Crippen LogP contribution in [0.5, 0.6) is 0 Å². The molecular weight excluding hydrogens is 435 g/mol. The van der Waals surface area contributed by atoms with Crippen LogP contribution in [0.15, 0.2) is 28.7 Å². The summed E-state index contributed by atoms with van der Waals surface area (Å²) >= 11 is 4.51. The summed E-state index contributed by atoms with van der Waals surface area (Å²) < 4.78 is 19.6. The molecule has 5 nitrogen and oxygen atoms in total. The van der Waals surface area contributed by atoms with Crippen molar-refractivity contribution < 1.29 is 18.7 Å². The van der Waals surface area contributed by atoms with Crippen LogP contribution in [0, 0.1) is 5.82 Å². The standard InChI is InChI=1S/C19H22BrFN2O3S/c1-5-26-17(24)13-9-15(19(2,3)4)27-16(13)23-18(25)22-10-11-6-7-12(20)8-14(11)21/h6-9H,5,10H2,1-4H3,(H2,22,23,25). The Morgan fingerprint density at radius 2 is 1.96 bits per heavy atom. The number of carbonyl (C=O) groups is 2. The van der Waals surface area contributed by atoms with E-state index >= 15 is 0 Å². The van der Waals surface area contributed by atoms with E-state index in [-0.39, 0.29) is 18.6 Å². The zero-order valence-corrected chi connectivity index (χ0v) is 18.0. The second kappa shape index (κ2) is 8.84. The molecule has 1 aromatic carbocycles. The number of benzene rings is 1. The smallest absolute Gasteiger partial charge is 0.341 e. The van der Waals surface area contributed by atoms with Crippen LogP contribution in [0.3, 0.4) is 0 Å². The summed E-state index contributed by atoms with van der Waals surface area (Å²) in [5.41, 5.74) is 0.500. The van der Waals surface area contributed by atoms with Crippen LogP contribution < -0.4 is 10.6 Å². The maximum absolute atomic E-state index is 13.9. The van der Waals surface area contributed by atoms with Gasteiger partial charge in [0.15, 0.2) is 0 Å². The Morgan fingerprint density at radius 3 is 2.56 bits per heavy atom. The largest absolute Gasteiger partial charge is 0.462 e. The number of thiophene rings is 1. The van der Waals surface area contributed by atoms with Crippen molar-refractivity contribution >= 4 is 44.3 Å². The van der Waals surface area contributed by atoms with Gasteiger partial charge < -0.3 is 10.1 Å². The van der Waals surface area contributed by atoms with Gasteiger partial charge in [0.25, 0.3) is 0 Å². The first-order valence-electron chi connectivity index (χ1n) is 8.42. The molecule has 2 aromatic rings. The Morgan fingerprint density at radius 1 is 1.26 bits per heavy atom. The van der Waals surface area contributed by atoms with E-state index in [4.69, 9.17) is 4.74 Å². The van der Waals surface area contributed by atoms with Crippen molar-refractivity contribution in [1.82, 2.24) is 5.32 Å². The average Bonchev–Trinajstić information content (AvgIpc) is 2.98. The van der Waals surface area contributed by atoms with Gasteiger partial charge in [0.1, 0.15) is 10.8 Å². The van der Waals surface area contributed by atoms with Crippen molar-refractivity contribution in [3.05, 3.63) is 50.6 Å². The number of halogens is 2. The molecule has 0 fully saturated rings. The van der Waals surface area contributed by atoms with E-state index in [0.717, 1.165) is 4.88 Å². The van der Waals surface area contributed by atoms with E-state index in [0.29, 0.717) is 20.6 Å². The van der Waals surface area contributed by atoms with E-state index < -0.39 is 17.8 Å². The van der Waals surface area contributed by atoms with Gasteiger partial charge in [-0.25, -0.2) is 14.0 Å². The molecule has 0 saturated heterocycles. The molecule has 0 saturated carbocycles. The van der Waals surface area contributed by atoms with Crippen molar-refractivity contribution in [2.24, 2.45) is 0 Å². The highest BCUT2D eigenvalue weighted by Crippen LogP contribution is 2.36. The van der Waals surface area contributed by atoms with E-state index in [9.17, 15) is 14.0 Å². The van der Waals surface area contributed by atoms with Crippen molar-refractivity contribution in [3.63, 3.8) is 0 Å². The first-order chi connectivity index (χ1) is 12.6. The van der Waals surface area contributed by atoms with Gasteiger partial charge >= 0.3 is 12.0 Å². The molecule has 1 aromatic heterocycles. The fourth-order valence-corrected chi connectivity index (χ4v) is 3.63. The lowest BCUT2D eigenvalue weighted by Crippen LogP contribution is -2.28. The molecule has 0 unspecified atom stereocenters. The van der Waals surface area contributed by atoms with Crippen molar-refractivity contribution in [3.8, 4) is 0 Å². The Bertz CT molecular complexity index is 846. The average molecular weight is 457 g/mol. The lowest BCUT2D eigenvalue weighted by molar-refractivity contribution is 0.0528. The zero-order valence-electron chi connectivity index (χ0n) is 15.6. The van der Waals surface area contributed by atoms with Crippen LogP contribution in [-0.2, 0) is 16.7 Å².